The third-order valence-corrected chi connectivity index (χ3v) is 4.65. The highest BCUT2D eigenvalue weighted by Crippen LogP contribution is 2.36. The van der Waals surface area contributed by atoms with Crippen LogP contribution in [0, 0.1) is 0 Å². The van der Waals surface area contributed by atoms with Crippen molar-refractivity contribution in [3.63, 3.8) is 0 Å². The van der Waals surface area contributed by atoms with Gasteiger partial charge in [-0.2, -0.15) is 0 Å². The second-order valence-electron chi connectivity index (χ2n) is 6.27. The number of hydrogen-bond donors (Lipinski definition) is 1. The molecule has 1 aliphatic rings. The van der Waals surface area contributed by atoms with Crippen LogP contribution in [-0.4, -0.2) is 19.6 Å². The van der Waals surface area contributed by atoms with Gasteiger partial charge >= 0.3 is 0 Å². The second kappa shape index (κ2) is 6.92. The van der Waals surface area contributed by atoms with Gasteiger partial charge in [0.05, 0.1) is 31.1 Å². The van der Waals surface area contributed by atoms with Gasteiger partial charge in [-0.1, -0.05) is 48.5 Å². The molecule has 130 valence electrons. The summed E-state index contributed by atoms with van der Waals surface area (Å²) in [6.07, 6.45) is 0. The van der Waals surface area contributed by atoms with Crippen molar-refractivity contribution in [2.24, 2.45) is 0 Å². The molecule has 1 N–H and O–H groups in total. The first-order valence-electron chi connectivity index (χ1n) is 8.62. The molecule has 0 aromatic heterocycles. The van der Waals surface area contributed by atoms with Crippen LogP contribution in [0.15, 0.2) is 78.9 Å². The van der Waals surface area contributed by atoms with Gasteiger partial charge in [-0.15, -0.1) is 0 Å². The Labute approximate surface area is 153 Å². The minimum atomic E-state index is -0.0289. The van der Waals surface area contributed by atoms with Crippen molar-refractivity contribution in [2.45, 2.75) is 6.04 Å². The lowest BCUT2D eigenvalue weighted by Gasteiger charge is -2.36. The first kappa shape index (κ1) is 16.2. The standard InChI is InChI=1S/C22H20N2O2/c1-26-18-11-7-10-17(14-18)22(25)24-15-20(16-8-3-2-4-9-16)23-19-12-5-6-13-21(19)24/h2-14,20,23H,15H2,1H3. The summed E-state index contributed by atoms with van der Waals surface area (Å²) in [6.45, 7) is 0.567. The Bertz CT molecular complexity index is 924. The van der Waals surface area contributed by atoms with Crippen LogP contribution in [0.4, 0.5) is 11.4 Å². The Hall–Kier alpha value is -3.27. The Balaban J connectivity index is 1.72. The van der Waals surface area contributed by atoms with Crippen molar-refractivity contribution in [3.8, 4) is 5.75 Å². The minimum absolute atomic E-state index is 0.0289. The monoisotopic (exact) mass is 344 g/mol. The van der Waals surface area contributed by atoms with Gasteiger partial charge in [0.15, 0.2) is 0 Å². The van der Waals surface area contributed by atoms with Gasteiger partial charge in [0.25, 0.3) is 5.91 Å². The highest BCUT2D eigenvalue weighted by molar-refractivity contribution is 6.08. The average molecular weight is 344 g/mol. The Morgan fingerprint density at radius 3 is 2.58 bits per heavy atom. The van der Waals surface area contributed by atoms with Gasteiger partial charge in [-0.3, -0.25) is 4.79 Å². The van der Waals surface area contributed by atoms with E-state index in [1.54, 1.807) is 13.2 Å². The summed E-state index contributed by atoms with van der Waals surface area (Å²) in [7, 11) is 1.61. The minimum Gasteiger partial charge on any atom is -0.497 e. The van der Waals surface area contributed by atoms with Crippen LogP contribution in [0.5, 0.6) is 5.75 Å². The topological polar surface area (TPSA) is 41.6 Å². The number of ether oxygens (including phenoxy) is 1. The quantitative estimate of drug-likeness (QED) is 0.760. The van der Waals surface area contributed by atoms with Crippen LogP contribution in [0.25, 0.3) is 0 Å². The number of benzene rings is 3. The SMILES string of the molecule is COc1cccc(C(=O)N2CC(c3ccccc3)Nc3ccccc32)c1. The summed E-state index contributed by atoms with van der Waals surface area (Å²) in [6, 6.07) is 25.5. The highest BCUT2D eigenvalue weighted by atomic mass is 16.5. The third kappa shape index (κ3) is 3.02. The molecule has 0 bridgehead atoms. The molecule has 0 saturated heterocycles. The molecule has 1 aliphatic heterocycles. The van der Waals surface area contributed by atoms with Gasteiger partial charge in [0, 0.05) is 5.56 Å². The van der Waals surface area contributed by atoms with Gasteiger partial charge < -0.3 is 15.0 Å². The number of rotatable bonds is 3. The van der Waals surface area contributed by atoms with E-state index in [4.69, 9.17) is 4.74 Å². The van der Waals surface area contributed by atoms with Crippen LogP contribution in [0.2, 0.25) is 0 Å². The zero-order valence-corrected chi connectivity index (χ0v) is 14.6. The number of anilines is 2. The van der Waals surface area contributed by atoms with Gasteiger partial charge in [-0.05, 0) is 35.9 Å². The molecule has 0 fully saturated rings. The molecule has 0 saturated carbocycles. The second-order valence-corrected chi connectivity index (χ2v) is 6.27. The molecule has 1 atom stereocenters. The van der Waals surface area contributed by atoms with Crippen molar-refractivity contribution in [3.05, 3.63) is 90.0 Å². The number of methoxy groups -OCH3 is 1. The van der Waals surface area contributed by atoms with Crippen molar-refractivity contribution < 1.29 is 9.53 Å². The fraction of sp³-hybridized carbons (Fsp3) is 0.136. The van der Waals surface area contributed by atoms with E-state index in [0.717, 1.165) is 16.9 Å². The number of hydrogen-bond acceptors (Lipinski definition) is 3. The van der Waals surface area contributed by atoms with Crippen LogP contribution in [0.3, 0.4) is 0 Å². The molecule has 1 heterocycles. The molecule has 0 aliphatic carbocycles. The average Bonchev–Trinajstić information content (AvgIpc) is 2.73. The lowest BCUT2D eigenvalue weighted by atomic mass is 10.0. The summed E-state index contributed by atoms with van der Waals surface area (Å²) in [5.74, 6) is 0.651. The molecule has 4 heteroatoms. The van der Waals surface area contributed by atoms with E-state index in [9.17, 15) is 4.79 Å². The van der Waals surface area contributed by atoms with Crippen LogP contribution >= 0.6 is 0 Å². The summed E-state index contributed by atoms with van der Waals surface area (Å²) in [5.41, 5.74) is 3.63. The molecule has 3 aromatic carbocycles. The van der Waals surface area contributed by atoms with Crippen molar-refractivity contribution in [1.82, 2.24) is 0 Å². The van der Waals surface area contributed by atoms with E-state index in [2.05, 4.69) is 17.4 Å². The normalized spacial score (nSPS) is 15.7. The lowest BCUT2D eigenvalue weighted by molar-refractivity contribution is 0.0984. The zero-order chi connectivity index (χ0) is 17.9. The predicted octanol–water partition coefficient (Wildman–Crippen LogP) is 4.51. The summed E-state index contributed by atoms with van der Waals surface area (Å²) >= 11 is 0. The molecule has 4 rings (SSSR count). The number of carbonyl (C=O) groups excluding carboxylic acids is 1. The number of carbonyl (C=O) groups is 1. The molecule has 0 spiro atoms. The first-order chi connectivity index (χ1) is 12.8. The molecule has 3 aromatic rings. The number of fused-ring (bicyclic) bond motifs is 1. The molecule has 1 amide bonds. The highest BCUT2D eigenvalue weighted by Gasteiger charge is 2.29. The van der Waals surface area contributed by atoms with E-state index < -0.39 is 0 Å². The maximum Gasteiger partial charge on any atom is 0.258 e. The number of para-hydroxylation sites is 2. The number of amides is 1. The van der Waals surface area contributed by atoms with Crippen LogP contribution in [0.1, 0.15) is 22.0 Å². The Morgan fingerprint density at radius 2 is 1.77 bits per heavy atom. The van der Waals surface area contributed by atoms with E-state index in [-0.39, 0.29) is 11.9 Å². The molecular formula is C22H20N2O2. The summed E-state index contributed by atoms with van der Waals surface area (Å²) in [4.78, 5) is 15.1. The van der Waals surface area contributed by atoms with E-state index in [0.29, 0.717) is 17.9 Å². The Kier molecular flexibility index (Phi) is 4.32. The smallest absolute Gasteiger partial charge is 0.258 e. The van der Waals surface area contributed by atoms with E-state index in [1.165, 1.54) is 0 Å². The van der Waals surface area contributed by atoms with E-state index in [1.807, 2.05) is 65.6 Å². The largest absolute Gasteiger partial charge is 0.497 e. The fourth-order valence-electron chi connectivity index (χ4n) is 3.32. The number of nitrogens with one attached hydrogen (secondary N) is 1. The number of nitrogens with zero attached hydrogens (tertiary/aromatic N) is 1. The van der Waals surface area contributed by atoms with Crippen molar-refractivity contribution in [1.29, 1.82) is 0 Å². The molecule has 26 heavy (non-hydrogen) atoms. The molecule has 1 unspecified atom stereocenters. The lowest BCUT2D eigenvalue weighted by Crippen LogP contribution is -2.40. The van der Waals surface area contributed by atoms with Crippen molar-refractivity contribution >= 4 is 17.3 Å². The zero-order valence-electron chi connectivity index (χ0n) is 14.6. The molecular weight excluding hydrogens is 324 g/mol. The predicted molar refractivity (Wildman–Crippen MR) is 104 cm³/mol. The fourth-order valence-corrected chi connectivity index (χ4v) is 3.32. The van der Waals surface area contributed by atoms with Gasteiger partial charge in [-0.25, -0.2) is 0 Å². The van der Waals surface area contributed by atoms with Crippen LogP contribution < -0.4 is 15.0 Å². The maximum absolute atomic E-state index is 13.3. The molecule has 4 nitrogen and oxygen atoms in total. The van der Waals surface area contributed by atoms with Crippen molar-refractivity contribution in [2.75, 3.05) is 23.9 Å². The van der Waals surface area contributed by atoms with E-state index >= 15 is 0 Å². The summed E-state index contributed by atoms with van der Waals surface area (Å²) in [5, 5.41) is 3.55. The third-order valence-electron chi connectivity index (χ3n) is 4.65. The summed E-state index contributed by atoms with van der Waals surface area (Å²) < 4.78 is 5.27. The molecule has 0 radical (unpaired) electrons. The van der Waals surface area contributed by atoms with Gasteiger partial charge in [0.1, 0.15) is 5.75 Å². The Morgan fingerprint density at radius 1 is 1.00 bits per heavy atom. The van der Waals surface area contributed by atoms with Gasteiger partial charge in [0.2, 0.25) is 0 Å². The van der Waals surface area contributed by atoms with Crippen LogP contribution in [-0.2, 0) is 0 Å². The first-order valence-corrected chi connectivity index (χ1v) is 8.62. The maximum atomic E-state index is 13.3.